The Kier molecular flexibility index (Phi) is 5.09. The van der Waals surface area contributed by atoms with Gasteiger partial charge in [-0.3, -0.25) is 4.79 Å². The molecule has 0 saturated heterocycles. The highest BCUT2D eigenvalue weighted by Gasteiger charge is 2.14. The predicted molar refractivity (Wildman–Crippen MR) is 116 cm³/mol. The van der Waals surface area contributed by atoms with Crippen LogP contribution in [0.4, 0.5) is 0 Å². The number of fused-ring (bicyclic) bond motifs is 2. The van der Waals surface area contributed by atoms with E-state index in [1.165, 1.54) is 14.2 Å². The Hall–Kier alpha value is -3.89. The zero-order chi connectivity index (χ0) is 21.3. The largest absolute Gasteiger partial charge is 0.493 e. The first-order valence-electron chi connectivity index (χ1n) is 8.87. The zero-order valence-corrected chi connectivity index (χ0v) is 16.8. The van der Waals surface area contributed by atoms with Gasteiger partial charge >= 0.3 is 0 Å². The number of pyridine rings is 1. The Bertz CT molecular complexity index is 1420. The highest BCUT2D eigenvalue weighted by Crippen LogP contribution is 2.30. The van der Waals surface area contributed by atoms with Crippen LogP contribution in [-0.2, 0) is 0 Å². The molecule has 2 aromatic carbocycles. The molecule has 0 atom stereocenters. The molecule has 0 aliphatic heterocycles. The third-order valence-corrected chi connectivity index (χ3v) is 4.89. The number of ether oxygens (including phenoxy) is 2. The normalized spacial score (nSPS) is 11.5. The summed E-state index contributed by atoms with van der Waals surface area (Å²) in [5, 5.41) is 11.1. The predicted octanol–water partition coefficient (Wildman–Crippen LogP) is 4.21. The van der Waals surface area contributed by atoms with E-state index in [0.29, 0.717) is 28.0 Å². The Morgan fingerprint density at radius 3 is 2.57 bits per heavy atom. The lowest BCUT2D eigenvalue weighted by molar-refractivity contribution is 0.355. The summed E-state index contributed by atoms with van der Waals surface area (Å²) in [7, 11) is 2.98. The summed E-state index contributed by atoms with van der Waals surface area (Å²) in [6, 6.07) is 14.5. The number of rotatable bonds is 4. The van der Waals surface area contributed by atoms with E-state index in [1.807, 2.05) is 30.3 Å². The van der Waals surface area contributed by atoms with E-state index in [4.69, 9.17) is 21.1 Å². The fourth-order valence-corrected chi connectivity index (χ4v) is 3.31. The molecular formula is C22H15ClN4O3. The Morgan fingerprint density at radius 1 is 1.10 bits per heavy atom. The second-order valence-corrected chi connectivity index (χ2v) is 6.73. The van der Waals surface area contributed by atoms with Crippen molar-refractivity contribution in [3.8, 4) is 17.6 Å². The third-order valence-electron chi connectivity index (χ3n) is 4.59. The van der Waals surface area contributed by atoms with E-state index in [2.05, 4.69) is 21.0 Å². The van der Waals surface area contributed by atoms with Crippen molar-refractivity contribution in [1.29, 1.82) is 5.26 Å². The first-order valence-corrected chi connectivity index (χ1v) is 9.25. The minimum Gasteiger partial charge on any atom is -0.493 e. The maximum Gasteiger partial charge on any atom is 0.259 e. The van der Waals surface area contributed by atoms with Crippen LogP contribution in [0.25, 0.3) is 33.5 Å². The van der Waals surface area contributed by atoms with Gasteiger partial charge in [0.2, 0.25) is 0 Å². The topological polar surface area (TPSA) is 101 Å². The molecule has 0 saturated carbocycles. The number of halogens is 1. The number of nitrogens with zero attached hydrogens (tertiary/aromatic N) is 3. The third kappa shape index (κ3) is 3.45. The molecule has 0 aliphatic carbocycles. The first-order chi connectivity index (χ1) is 14.5. The number of benzene rings is 2. The van der Waals surface area contributed by atoms with Crippen molar-refractivity contribution in [2.24, 2.45) is 0 Å². The quantitative estimate of drug-likeness (QED) is 0.393. The minimum absolute atomic E-state index is 0.117. The maximum atomic E-state index is 12.6. The molecule has 0 unspecified atom stereocenters. The van der Waals surface area contributed by atoms with Crippen LogP contribution in [-0.4, -0.2) is 29.2 Å². The average molecular weight is 419 g/mol. The van der Waals surface area contributed by atoms with E-state index in [1.54, 1.807) is 18.2 Å². The van der Waals surface area contributed by atoms with Gasteiger partial charge in [-0.15, -0.1) is 0 Å². The molecule has 4 rings (SSSR count). The molecule has 0 radical (unpaired) electrons. The van der Waals surface area contributed by atoms with Crippen LogP contribution in [0.3, 0.4) is 0 Å². The number of allylic oxidation sites excluding steroid dienone is 1. The fourth-order valence-electron chi connectivity index (χ4n) is 3.11. The van der Waals surface area contributed by atoms with Crippen molar-refractivity contribution in [3.05, 3.63) is 69.4 Å². The van der Waals surface area contributed by atoms with Gasteiger partial charge in [0.25, 0.3) is 5.56 Å². The molecule has 4 aromatic rings. The highest BCUT2D eigenvalue weighted by molar-refractivity contribution is 6.31. The zero-order valence-electron chi connectivity index (χ0n) is 16.1. The number of hydrogen-bond acceptors (Lipinski definition) is 6. The van der Waals surface area contributed by atoms with E-state index >= 15 is 0 Å². The molecule has 148 valence electrons. The SMILES string of the molecule is COc1cc2nc(C(C#N)=Cc3cc4ccccc4nc3Cl)[nH]c(=O)c2cc1OC. The van der Waals surface area contributed by atoms with Gasteiger partial charge < -0.3 is 14.5 Å². The molecule has 2 aromatic heterocycles. The molecule has 0 fully saturated rings. The van der Waals surface area contributed by atoms with Gasteiger partial charge in [-0.05, 0) is 24.3 Å². The molecule has 0 spiro atoms. The van der Waals surface area contributed by atoms with Gasteiger partial charge in [0.1, 0.15) is 11.2 Å². The molecule has 8 heteroatoms. The maximum absolute atomic E-state index is 12.6. The standard InChI is InChI=1S/C22H15ClN4O3/c1-29-18-9-15-17(10-19(18)30-2)26-21(27-22(15)28)14(11-24)8-13-7-12-5-3-4-6-16(12)25-20(13)23/h3-10H,1-2H3,(H,26,27,28). The van der Waals surface area contributed by atoms with E-state index in [9.17, 15) is 10.1 Å². The van der Waals surface area contributed by atoms with Crippen molar-refractivity contribution in [3.63, 3.8) is 0 Å². The average Bonchev–Trinajstić information content (AvgIpc) is 2.76. The Labute approximate surface area is 176 Å². The van der Waals surface area contributed by atoms with Crippen molar-refractivity contribution in [2.45, 2.75) is 0 Å². The van der Waals surface area contributed by atoms with Gasteiger partial charge in [0.05, 0.1) is 36.2 Å². The fraction of sp³-hybridized carbons (Fsp3) is 0.0909. The number of aromatic amines is 1. The summed E-state index contributed by atoms with van der Waals surface area (Å²) < 4.78 is 10.5. The van der Waals surface area contributed by atoms with Crippen molar-refractivity contribution in [1.82, 2.24) is 15.0 Å². The summed E-state index contributed by atoms with van der Waals surface area (Å²) >= 11 is 6.30. The molecule has 1 N–H and O–H groups in total. The lowest BCUT2D eigenvalue weighted by atomic mass is 10.1. The van der Waals surface area contributed by atoms with Crippen LogP contribution in [0, 0.1) is 11.3 Å². The molecule has 30 heavy (non-hydrogen) atoms. The molecule has 0 bridgehead atoms. The second kappa shape index (κ2) is 7.85. The number of H-pyrrole nitrogens is 1. The van der Waals surface area contributed by atoms with Crippen LogP contribution >= 0.6 is 11.6 Å². The lowest BCUT2D eigenvalue weighted by Gasteiger charge is -2.09. The summed E-state index contributed by atoms with van der Waals surface area (Å²) in [6.45, 7) is 0. The molecule has 2 heterocycles. The monoisotopic (exact) mass is 418 g/mol. The smallest absolute Gasteiger partial charge is 0.259 e. The van der Waals surface area contributed by atoms with Crippen molar-refractivity contribution < 1.29 is 9.47 Å². The van der Waals surface area contributed by atoms with Gasteiger partial charge in [-0.25, -0.2) is 9.97 Å². The van der Waals surface area contributed by atoms with E-state index < -0.39 is 5.56 Å². The van der Waals surface area contributed by atoms with Crippen LogP contribution in [0.15, 0.2) is 47.3 Å². The summed E-state index contributed by atoms with van der Waals surface area (Å²) in [6.07, 6.45) is 1.55. The van der Waals surface area contributed by atoms with Crippen LogP contribution in [0.1, 0.15) is 11.4 Å². The highest BCUT2D eigenvalue weighted by atomic mass is 35.5. The lowest BCUT2D eigenvalue weighted by Crippen LogP contribution is -2.11. The number of nitriles is 1. The summed E-state index contributed by atoms with van der Waals surface area (Å²) in [5.41, 5.74) is 1.40. The molecular weight excluding hydrogens is 404 g/mol. The summed E-state index contributed by atoms with van der Waals surface area (Å²) in [5.74, 6) is 0.958. The van der Waals surface area contributed by atoms with Crippen LogP contribution < -0.4 is 15.0 Å². The molecule has 0 aliphatic rings. The van der Waals surface area contributed by atoms with Gasteiger partial charge in [-0.1, -0.05) is 29.8 Å². The number of para-hydroxylation sites is 1. The van der Waals surface area contributed by atoms with E-state index in [-0.39, 0.29) is 16.6 Å². The number of methoxy groups -OCH3 is 2. The molecule has 7 nitrogen and oxygen atoms in total. The van der Waals surface area contributed by atoms with Gasteiger partial charge in [0.15, 0.2) is 17.3 Å². The summed E-state index contributed by atoms with van der Waals surface area (Å²) in [4.78, 5) is 24.1. The second-order valence-electron chi connectivity index (χ2n) is 6.37. The molecule has 0 amide bonds. The minimum atomic E-state index is -0.403. The first kappa shape index (κ1) is 19.4. The Balaban J connectivity index is 1.88. The Morgan fingerprint density at radius 2 is 1.83 bits per heavy atom. The number of aromatic nitrogens is 3. The number of nitrogens with one attached hydrogen (secondary N) is 1. The van der Waals surface area contributed by atoms with Crippen molar-refractivity contribution in [2.75, 3.05) is 14.2 Å². The van der Waals surface area contributed by atoms with Crippen molar-refractivity contribution >= 4 is 45.1 Å². The van der Waals surface area contributed by atoms with E-state index in [0.717, 1.165) is 10.9 Å². The van der Waals surface area contributed by atoms with Gasteiger partial charge in [-0.2, -0.15) is 5.26 Å². The van der Waals surface area contributed by atoms with Crippen LogP contribution in [0.5, 0.6) is 11.5 Å². The number of hydrogen-bond donors (Lipinski definition) is 1. The van der Waals surface area contributed by atoms with Gasteiger partial charge in [0, 0.05) is 17.0 Å². The van der Waals surface area contributed by atoms with Crippen LogP contribution in [0.2, 0.25) is 5.15 Å².